The molecule has 2 N–H and O–H groups in total. The molecule has 0 bridgehead atoms. The Hall–Kier alpha value is -2.60. The van der Waals surface area contributed by atoms with Gasteiger partial charge >= 0.3 is 0 Å². The Bertz CT molecular complexity index is 1090. The van der Waals surface area contributed by atoms with Crippen LogP contribution in [0.4, 0.5) is 15.8 Å². The maximum absolute atomic E-state index is 13.9. The summed E-state index contributed by atoms with van der Waals surface area (Å²) < 4.78 is 46.9. The van der Waals surface area contributed by atoms with Gasteiger partial charge in [0.15, 0.2) is 0 Å². The Morgan fingerprint density at radius 3 is 2.55 bits per heavy atom. The van der Waals surface area contributed by atoms with Crippen molar-refractivity contribution in [3.05, 3.63) is 64.0 Å². The summed E-state index contributed by atoms with van der Waals surface area (Å²) in [5, 5.41) is 14.8. The molecule has 11 heteroatoms. The zero-order chi connectivity index (χ0) is 24.1. The summed E-state index contributed by atoms with van der Waals surface area (Å²) in [7, 11) is -0.263. The molecular weight excluding hydrogens is 451 g/mol. The monoisotopic (exact) mass is 480 g/mol. The molecule has 0 amide bonds. The largest absolute Gasteiger partial charge is 0.381 e. The van der Waals surface area contributed by atoms with Crippen molar-refractivity contribution < 1.29 is 22.5 Å². The minimum Gasteiger partial charge on any atom is -0.381 e. The van der Waals surface area contributed by atoms with Gasteiger partial charge in [-0.25, -0.2) is 17.5 Å². The zero-order valence-corrected chi connectivity index (χ0v) is 19.5. The molecule has 0 saturated carbocycles. The van der Waals surface area contributed by atoms with Crippen molar-refractivity contribution in [2.24, 2.45) is 0 Å². The second kappa shape index (κ2) is 10.6. The van der Waals surface area contributed by atoms with Crippen LogP contribution in [0, 0.1) is 15.9 Å². The number of nitrogens with one attached hydrogen (secondary N) is 2. The summed E-state index contributed by atoms with van der Waals surface area (Å²) in [6.07, 6.45) is 1.25. The van der Waals surface area contributed by atoms with Gasteiger partial charge in [0.1, 0.15) is 11.5 Å². The number of nitro benzene ring substituents is 1. The third-order valence-electron chi connectivity index (χ3n) is 5.83. The number of nitrogens with zero attached hydrogens (tertiary/aromatic N) is 2. The molecule has 1 aliphatic heterocycles. The maximum Gasteiger partial charge on any atom is 0.293 e. The van der Waals surface area contributed by atoms with E-state index in [4.69, 9.17) is 4.74 Å². The van der Waals surface area contributed by atoms with Gasteiger partial charge in [-0.3, -0.25) is 10.1 Å². The number of hydrogen-bond donors (Lipinski definition) is 2. The van der Waals surface area contributed by atoms with Crippen molar-refractivity contribution >= 4 is 21.4 Å². The Kier molecular flexibility index (Phi) is 8.01. The first-order chi connectivity index (χ1) is 15.6. The van der Waals surface area contributed by atoms with E-state index in [-0.39, 0.29) is 28.6 Å². The van der Waals surface area contributed by atoms with Crippen LogP contribution < -0.4 is 10.0 Å². The van der Waals surface area contributed by atoms with E-state index >= 15 is 0 Å². The Labute approximate surface area is 193 Å². The second-order valence-electron chi connectivity index (χ2n) is 8.39. The van der Waals surface area contributed by atoms with Crippen LogP contribution >= 0.6 is 0 Å². The van der Waals surface area contributed by atoms with E-state index in [9.17, 15) is 22.9 Å². The molecule has 0 aromatic heterocycles. The fourth-order valence-electron chi connectivity index (χ4n) is 3.88. The Balaban J connectivity index is 1.84. The second-order valence-corrected chi connectivity index (χ2v) is 10.2. The van der Waals surface area contributed by atoms with E-state index in [1.165, 1.54) is 24.3 Å². The number of halogens is 1. The summed E-state index contributed by atoms with van der Waals surface area (Å²) in [6, 6.07) is 10.1. The molecular formula is C22H29FN4O5S. The predicted octanol–water partition coefficient (Wildman–Crippen LogP) is 2.73. The van der Waals surface area contributed by atoms with E-state index in [1.54, 1.807) is 6.07 Å². The summed E-state index contributed by atoms with van der Waals surface area (Å²) in [5.74, 6) is -0.347. The fourth-order valence-corrected chi connectivity index (χ4v) is 4.92. The van der Waals surface area contributed by atoms with Crippen molar-refractivity contribution in [1.29, 1.82) is 0 Å². The number of hydrogen-bond acceptors (Lipinski definition) is 7. The number of ether oxygens (including phenoxy) is 1. The minimum atomic E-state index is -3.89. The molecule has 33 heavy (non-hydrogen) atoms. The van der Waals surface area contributed by atoms with Gasteiger partial charge in [-0.1, -0.05) is 12.1 Å². The molecule has 0 atom stereocenters. The molecule has 3 rings (SSSR count). The lowest BCUT2D eigenvalue weighted by atomic mass is 9.74. The Morgan fingerprint density at radius 2 is 1.91 bits per heavy atom. The Morgan fingerprint density at radius 1 is 1.18 bits per heavy atom. The van der Waals surface area contributed by atoms with Gasteiger partial charge < -0.3 is 15.0 Å². The molecule has 1 fully saturated rings. The van der Waals surface area contributed by atoms with Crippen LogP contribution in [0.5, 0.6) is 0 Å². The van der Waals surface area contributed by atoms with Crippen molar-refractivity contribution in [3.63, 3.8) is 0 Å². The van der Waals surface area contributed by atoms with Crippen LogP contribution in [0.2, 0.25) is 0 Å². The molecule has 9 nitrogen and oxygen atoms in total. The summed E-state index contributed by atoms with van der Waals surface area (Å²) in [4.78, 5) is 12.8. The first-order valence-electron chi connectivity index (χ1n) is 10.6. The summed E-state index contributed by atoms with van der Waals surface area (Å²) in [6.45, 7) is 1.98. The number of anilines is 1. The number of rotatable bonds is 10. The SMILES string of the molecule is CN(C)CCNS(=O)(=O)c1ccc(NCC2(c3cccc(F)c3)CCOCC2)c([N+](=O)[O-])c1. The van der Waals surface area contributed by atoms with Gasteiger partial charge in [-0.05, 0) is 56.8 Å². The lowest BCUT2D eigenvalue weighted by Gasteiger charge is -2.38. The lowest BCUT2D eigenvalue weighted by molar-refractivity contribution is -0.384. The first-order valence-corrected chi connectivity index (χ1v) is 12.1. The molecule has 180 valence electrons. The first kappa shape index (κ1) is 25.0. The zero-order valence-electron chi connectivity index (χ0n) is 18.7. The topological polar surface area (TPSA) is 114 Å². The molecule has 2 aromatic carbocycles. The van der Waals surface area contributed by atoms with Crippen LogP contribution in [-0.2, 0) is 20.2 Å². The molecule has 0 spiro atoms. The van der Waals surface area contributed by atoms with E-state index in [0.29, 0.717) is 39.1 Å². The van der Waals surface area contributed by atoms with Crippen molar-refractivity contribution in [3.8, 4) is 0 Å². The average molecular weight is 481 g/mol. The van der Waals surface area contributed by atoms with Gasteiger partial charge in [0.25, 0.3) is 5.69 Å². The van der Waals surface area contributed by atoms with Crippen molar-refractivity contribution in [2.75, 3.05) is 52.3 Å². The van der Waals surface area contributed by atoms with Gasteiger partial charge in [0.2, 0.25) is 10.0 Å². The molecule has 1 saturated heterocycles. The van der Waals surface area contributed by atoms with Crippen LogP contribution in [-0.4, -0.2) is 65.2 Å². The highest BCUT2D eigenvalue weighted by atomic mass is 32.2. The predicted molar refractivity (Wildman–Crippen MR) is 123 cm³/mol. The third kappa shape index (κ3) is 6.26. The van der Waals surface area contributed by atoms with Gasteiger partial charge in [0, 0.05) is 44.3 Å². The maximum atomic E-state index is 13.9. The number of sulfonamides is 1. The lowest BCUT2D eigenvalue weighted by Crippen LogP contribution is -2.40. The quantitative estimate of drug-likeness (QED) is 0.397. The number of nitro groups is 1. The summed E-state index contributed by atoms with van der Waals surface area (Å²) in [5.41, 5.74) is 0.193. The highest BCUT2D eigenvalue weighted by Crippen LogP contribution is 2.37. The van der Waals surface area contributed by atoms with E-state index in [1.807, 2.05) is 25.1 Å². The van der Waals surface area contributed by atoms with Crippen LogP contribution in [0.1, 0.15) is 18.4 Å². The normalized spacial score (nSPS) is 16.0. The molecule has 0 unspecified atom stereocenters. The standard InChI is InChI=1S/C22H29FN4O5S/c1-26(2)11-10-25-33(30,31)19-6-7-20(21(15-19)27(28)29)24-16-22(8-12-32-13-9-22)17-4-3-5-18(23)14-17/h3-7,14-15,24-25H,8-13,16H2,1-2H3. The van der Waals surface area contributed by atoms with Gasteiger partial charge in [-0.2, -0.15) is 0 Å². The minimum absolute atomic E-state index is 0.176. The van der Waals surface area contributed by atoms with E-state index in [2.05, 4.69) is 10.0 Å². The van der Waals surface area contributed by atoms with E-state index in [0.717, 1.165) is 11.6 Å². The average Bonchev–Trinajstić information content (AvgIpc) is 2.77. The van der Waals surface area contributed by atoms with Crippen LogP contribution in [0.3, 0.4) is 0 Å². The van der Waals surface area contributed by atoms with Gasteiger partial charge in [0.05, 0.1) is 9.82 Å². The van der Waals surface area contributed by atoms with Crippen LogP contribution in [0.15, 0.2) is 47.4 Å². The third-order valence-corrected chi connectivity index (χ3v) is 7.29. The molecule has 0 aliphatic carbocycles. The van der Waals surface area contributed by atoms with Crippen molar-refractivity contribution in [1.82, 2.24) is 9.62 Å². The summed E-state index contributed by atoms with van der Waals surface area (Å²) >= 11 is 0. The highest BCUT2D eigenvalue weighted by Gasteiger charge is 2.35. The van der Waals surface area contributed by atoms with E-state index < -0.39 is 20.4 Å². The molecule has 1 heterocycles. The molecule has 0 radical (unpaired) electrons. The van der Waals surface area contributed by atoms with Crippen LogP contribution in [0.25, 0.3) is 0 Å². The van der Waals surface area contributed by atoms with Crippen molar-refractivity contribution in [2.45, 2.75) is 23.2 Å². The smallest absolute Gasteiger partial charge is 0.293 e. The fraction of sp³-hybridized carbons (Fsp3) is 0.455. The highest BCUT2D eigenvalue weighted by molar-refractivity contribution is 7.89. The number of benzene rings is 2. The molecule has 1 aliphatic rings. The number of likely N-dealkylation sites (N-methyl/N-ethyl adjacent to an activating group) is 1. The molecule has 2 aromatic rings. The van der Waals surface area contributed by atoms with Gasteiger partial charge in [-0.15, -0.1) is 0 Å².